The summed E-state index contributed by atoms with van der Waals surface area (Å²) in [5.41, 5.74) is 0. The maximum Gasteiger partial charge on any atom is 0.405 e. The lowest BCUT2D eigenvalue weighted by atomic mass is 10.3. The van der Waals surface area contributed by atoms with Crippen LogP contribution < -0.4 is 30.2 Å². The molecule has 0 saturated carbocycles. The van der Waals surface area contributed by atoms with Gasteiger partial charge in [0.1, 0.15) is 18.9 Å². The van der Waals surface area contributed by atoms with E-state index in [9.17, 15) is 22.8 Å². The molecule has 0 fully saturated rings. The Morgan fingerprint density at radius 1 is 1.12 bits per heavy atom. The minimum absolute atomic E-state index is 0.129. The van der Waals surface area contributed by atoms with Gasteiger partial charge in [0.05, 0.1) is 13.1 Å². The number of halogens is 3. The molecule has 1 aliphatic rings. The van der Waals surface area contributed by atoms with E-state index in [4.69, 9.17) is 14.2 Å². The van der Waals surface area contributed by atoms with Gasteiger partial charge in [-0.15, -0.1) is 0 Å². The van der Waals surface area contributed by atoms with E-state index in [0.717, 1.165) is 0 Å². The molecular formula is C14H16F3N3O5. The maximum absolute atomic E-state index is 11.9. The van der Waals surface area contributed by atoms with Gasteiger partial charge in [0.25, 0.3) is 0 Å². The summed E-state index contributed by atoms with van der Waals surface area (Å²) in [6.07, 6.45) is -4.50. The Morgan fingerprint density at radius 3 is 2.64 bits per heavy atom. The summed E-state index contributed by atoms with van der Waals surface area (Å²) < 4.78 is 51.4. The second-order valence-corrected chi connectivity index (χ2v) is 4.86. The van der Waals surface area contributed by atoms with Crippen molar-refractivity contribution in [2.24, 2.45) is 0 Å². The van der Waals surface area contributed by atoms with Gasteiger partial charge in [0.15, 0.2) is 11.5 Å². The van der Waals surface area contributed by atoms with Gasteiger partial charge in [-0.25, -0.2) is 4.79 Å². The Morgan fingerprint density at radius 2 is 1.88 bits per heavy atom. The monoisotopic (exact) mass is 363 g/mol. The number of nitrogens with one attached hydrogen (secondary N) is 3. The van der Waals surface area contributed by atoms with E-state index < -0.39 is 31.2 Å². The second kappa shape index (κ2) is 8.31. The van der Waals surface area contributed by atoms with Crippen molar-refractivity contribution >= 4 is 11.9 Å². The van der Waals surface area contributed by atoms with Gasteiger partial charge >= 0.3 is 12.2 Å². The molecular weight excluding hydrogens is 347 g/mol. The Bertz CT molecular complexity index is 624. The number of carbonyl (C=O) groups excluding carboxylic acids is 2. The summed E-state index contributed by atoms with van der Waals surface area (Å²) in [6.45, 7) is -1.59. The van der Waals surface area contributed by atoms with Gasteiger partial charge in [-0.05, 0) is 12.1 Å². The van der Waals surface area contributed by atoms with Crippen LogP contribution in [0.4, 0.5) is 18.0 Å². The summed E-state index contributed by atoms with van der Waals surface area (Å²) in [5, 5.41) is 6.16. The Hall–Kier alpha value is -2.85. The van der Waals surface area contributed by atoms with E-state index in [-0.39, 0.29) is 19.9 Å². The first-order valence-electron chi connectivity index (χ1n) is 7.21. The van der Waals surface area contributed by atoms with Gasteiger partial charge in [-0.1, -0.05) is 0 Å². The molecule has 8 nitrogen and oxygen atoms in total. The lowest BCUT2D eigenvalue weighted by Gasteiger charge is -2.10. The molecule has 1 aromatic carbocycles. The number of rotatable bonds is 7. The Labute approximate surface area is 140 Å². The van der Waals surface area contributed by atoms with E-state index in [2.05, 4.69) is 10.6 Å². The molecule has 11 heteroatoms. The highest BCUT2D eigenvalue weighted by molar-refractivity contribution is 5.83. The number of carbonyl (C=O) groups is 2. The third-order valence-electron chi connectivity index (χ3n) is 2.90. The minimum atomic E-state index is -4.50. The molecule has 0 radical (unpaired) electrons. The number of ether oxygens (including phenoxy) is 3. The Kier molecular flexibility index (Phi) is 6.14. The molecule has 0 bridgehead atoms. The zero-order valence-electron chi connectivity index (χ0n) is 12.9. The van der Waals surface area contributed by atoms with Crippen molar-refractivity contribution in [2.45, 2.75) is 6.18 Å². The second-order valence-electron chi connectivity index (χ2n) is 4.86. The van der Waals surface area contributed by atoms with Crippen molar-refractivity contribution in [3.8, 4) is 17.2 Å². The third kappa shape index (κ3) is 6.65. The quantitative estimate of drug-likeness (QED) is 0.622. The van der Waals surface area contributed by atoms with Crippen LogP contribution in [0.2, 0.25) is 0 Å². The molecule has 3 amide bonds. The van der Waals surface area contributed by atoms with Crippen molar-refractivity contribution in [3.05, 3.63) is 18.2 Å². The van der Waals surface area contributed by atoms with Crippen molar-refractivity contribution in [2.75, 3.05) is 33.0 Å². The number of urea groups is 1. The molecule has 0 aromatic heterocycles. The number of amides is 3. The first-order valence-corrected chi connectivity index (χ1v) is 7.21. The Balaban J connectivity index is 1.57. The van der Waals surface area contributed by atoms with E-state index in [1.165, 1.54) is 0 Å². The molecule has 0 spiro atoms. The average Bonchev–Trinajstić information content (AvgIpc) is 3.02. The molecule has 1 heterocycles. The molecule has 138 valence electrons. The molecule has 1 aliphatic heterocycles. The van der Waals surface area contributed by atoms with Crippen LogP contribution in [-0.2, 0) is 4.79 Å². The fraction of sp³-hybridized carbons (Fsp3) is 0.429. The topological polar surface area (TPSA) is 97.9 Å². The van der Waals surface area contributed by atoms with Crippen LogP contribution >= 0.6 is 0 Å². The highest BCUT2D eigenvalue weighted by Crippen LogP contribution is 2.34. The number of fused-ring (bicyclic) bond motifs is 1. The smallest absolute Gasteiger partial charge is 0.405 e. The van der Waals surface area contributed by atoms with Crippen molar-refractivity contribution in [3.63, 3.8) is 0 Å². The zero-order chi connectivity index (χ0) is 18.3. The summed E-state index contributed by atoms with van der Waals surface area (Å²) >= 11 is 0. The number of alkyl halides is 3. The third-order valence-corrected chi connectivity index (χ3v) is 2.90. The average molecular weight is 363 g/mol. The van der Waals surface area contributed by atoms with Crippen LogP contribution in [0, 0.1) is 0 Å². The van der Waals surface area contributed by atoms with Gasteiger partial charge in [-0.3, -0.25) is 4.79 Å². The minimum Gasteiger partial charge on any atom is -0.492 e. The fourth-order valence-electron chi connectivity index (χ4n) is 1.78. The van der Waals surface area contributed by atoms with Gasteiger partial charge in [0, 0.05) is 6.07 Å². The van der Waals surface area contributed by atoms with Crippen molar-refractivity contribution < 1.29 is 37.0 Å². The van der Waals surface area contributed by atoms with E-state index in [1.807, 2.05) is 0 Å². The van der Waals surface area contributed by atoms with Gasteiger partial charge in [-0.2, -0.15) is 13.2 Å². The lowest BCUT2D eigenvalue weighted by molar-refractivity contribution is -0.137. The maximum atomic E-state index is 11.9. The summed E-state index contributed by atoms with van der Waals surface area (Å²) in [7, 11) is 0. The molecule has 3 N–H and O–H groups in total. The zero-order valence-corrected chi connectivity index (χ0v) is 12.9. The predicted molar refractivity (Wildman–Crippen MR) is 78.5 cm³/mol. The van der Waals surface area contributed by atoms with Crippen molar-refractivity contribution in [1.82, 2.24) is 16.0 Å². The van der Waals surface area contributed by atoms with Crippen LogP contribution in [-0.4, -0.2) is 51.1 Å². The molecule has 1 aromatic rings. The first kappa shape index (κ1) is 18.5. The molecule has 0 atom stereocenters. The van der Waals surface area contributed by atoms with Crippen LogP contribution in [0.25, 0.3) is 0 Å². The van der Waals surface area contributed by atoms with Crippen LogP contribution in [0.15, 0.2) is 18.2 Å². The lowest BCUT2D eigenvalue weighted by Crippen LogP contribution is -2.44. The number of benzene rings is 1. The highest BCUT2D eigenvalue weighted by atomic mass is 19.4. The van der Waals surface area contributed by atoms with E-state index >= 15 is 0 Å². The van der Waals surface area contributed by atoms with E-state index in [0.29, 0.717) is 17.2 Å². The number of hydrogen-bond donors (Lipinski definition) is 3. The normalized spacial score (nSPS) is 12.4. The predicted octanol–water partition coefficient (Wildman–Crippen LogP) is 0.772. The summed E-state index contributed by atoms with van der Waals surface area (Å²) in [5.74, 6) is 0.767. The molecule has 2 rings (SSSR count). The van der Waals surface area contributed by atoms with Crippen LogP contribution in [0.5, 0.6) is 17.2 Å². The molecule has 25 heavy (non-hydrogen) atoms. The summed E-state index contributed by atoms with van der Waals surface area (Å²) in [6, 6.07) is 4.32. The molecule has 0 saturated heterocycles. The van der Waals surface area contributed by atoms with Gasteiger partial charge < -0.3 is 30.2 Å². The SMILES string of the molecule is O=C(CNC(=O)NCCOc1ccc2c(c1)OCO2)NCC(F)(F)F. The first-order chi connectivity index (χ1) is 11.8. The van der Waals surface area contributed by atoms with Gasteiger partial charge in [0.2, 0.25) is 12.7 Å². The van der Waals surface area contributed by atoms with Crippen LogP contribution in [0.3, 0.4) is 0 Å². The molecule has 0 unspecified atom stereocenters. The summed E-state index contributed by atoms with van der Waals surface area (Å²) in [4.78, 5) is 22.5. The van der Waals surface area contributed by atoms with E-state index in [1.54, 1.807) is 23.5 Å². The fourth-order valence-corrected chi connectivity index (χ4v) is 1.78. The number of hydrogen-bond acceptors (Lipinski definition) is 5. The van der Waals surface area contributed by atoms with Crippen molar-refractivity contribution in [1.29, 1.82) is 0 Å². The van der Waals surface area contributed by atoms with Crippen LogP contribution in [0.1, 0.15) is 0 Å². The molecule has 0 aliphatic carbocycles. The highest BCUT2D eigenvalue weighted by Gasteiger charge is 2.27. The largest absolute Gasteiger partial charge is 0.492 e. The standard InChI is InChI=1S/C14H16F3N3O5/c15-14(16,17)7-20-12(21)6-19-13(22)18-3-4-23-9-1-2-10-11(5-9)25-8-24-10/h1-2,5H,3-4,6-8H2,(H,20,21)(H2,18,19,22).